The van der Waals surface area contributed by atoms with Crippen LogP contribution in [0.25, 0.3) is 0 Å². The first-order valence-electron chi connectivity index (χ1n) is 8.36. The lowest BCUT2D eigenvalue weighted by atomic mass is 9.89. The van der Waals surface area contributed by atoms with Crippen LogP contribution in [0.15, 0.2) is 0 Å². The van der Waals surface area contributed by atoms with Gasteiger partial charge in [0, 0.05) is 13.1 Å². The lowest BCUT2D eigenvalue weighted by molar-refractivity contribution is -0.147. The molecule has 5 nitrogen and oxygen atoms in total. The van der Waals surface area contributed by atoms with Crippen LogP contribution in [0.2, 0.25) is 0 Å². The third-order valence-electron chi connectivity index (χ3n) is 4.98. The van der Waals surface area contributed by atoms with E-state index in [1.54, 1.807) is 0 Å². The Morgan fingerprint density at radius 2 is 1.76 bits per heavy atom. The number of hydrogen-bond donors (Lipinski definition) is 1. The topological polar surface area (TPSA) is 60.9 Å². The first-order chi connectivity index (χ1) is 10.1. The van der Waals surface area contributed by atoms with E-state index < -0.39 is 12.0 Å². The number of amides is 1. The molecule has 5 heteroatoms. The summed E-state index contributed by atoms with van der Waals surface area (Å²) < 4.78 is 0. The van der Waals surface area contributed by atoms with Crippen molar-refractivity contribution in [3.05, 3.63) is 0 Å². The number of nitrogens with zero attached hydrogens (tertiary/aromatic N) is 2. The molecule has 0 aromatic carbocycles. The van der Waals surface area contributed by atoms with Crippen molar-refractivity contribution in [1.82, 2.24) is 9.80 Å². The molecule has 2 aliphatic rings. The zero-order valence-corrected chi connectivity index (χ0v) is 13.1. The highest BCUT2D eigenvalue weighted by atomic mass is 16.4. The van der Waals surface area contributed by atoms with E-state index in [9.17, 15) is 14.7 Å². The molecule has 1 amide bonds. The molecule has 2 fully saturated rings. The second-order valence-electron chi connectivity index (χ2n) is 6.42. The van der Waals surface area contributed by atoms with Crippen molar-refractivity contribution in [2.75, 3.05) is 26.2 Å². The van der Waals surface area contributed by atoms with Crippen molar-refractivity contribution in [2.24, 2.45) is 5.92 Å². The lowest BCUT2D eigenvalue weighted by Gasteiger charge is -2.37. The number of aliphatic carboxylic acids is 1. The van der Waals surface area contributed by atoms with E-state index in [-0.39, 0.29) is 12.5 Å². The van der Waals surface area contributed by atoms with Gasteiger partial charge < -0.3 is 10.0 Å². The van der Waals surface area contributed by atoms with Gasteiger partial charge in [0.25, 0.3) is 0 Å². The zero-order chi connectivity index (χ0) is 15.2. The van der Waals surface area contributed by atoms with Crippen molar-refractivity contribution in [3.63, 3.8) is 0 Å². The molecule has 0 spiro atoms. The Labute approximate surface area is 127 Å². The third kappa shape index (κ3) is 4.43. The summed E-state index contributed by atoms with van der Waals surface area (Å²) in [6.45, 7) is 4.79. The van der Waals surface area contributed by atoms with Crippen LogP contribution in [-0.2, 0) is 9.59 Å². The maximum Gasteiger partial charge on any atom is 0.320 e. The van der Waals surface area contributed by atoms with Crippen LogP contribution < -0.4 is 0 Å². The third-order valence-corrected chi connectivity index (χ3v) is 4.98. The summed E-state index contributed by atoms with van der Waals surface area (Å²) in [6.07, 6.45) is 7.26. The van der Waals surface area contributed by atoms with E-state index in [0.717, 1.165) is 45.3 Å². The zero-order valence-electron chi connectivity index (χ0n) is 13.1. The predicted octanol–water partition coefficient (Wildman–Crippen LogP) is 1.96. The average Bonchev–Trinajstić information content (AvgIpc) is 2.76. The van der Waals surface area contributed by atoms with E-state index >= 15 is 0 Å². The van der Waals surface area contributed by atoms with Gasteiger partial charge in [-0.2, -0.15) is 0 Å². The second kappa shape index (κ2) is 7.78. The van der Waals surface area contributed by atoms with Crippen molar-refractivity contribution in [1.29, 1.82) is 0 Å². The van der Waals surface area contributed by atoms with Crippen LogP contribution in [0.1, 0.15) is 51.9 Å². The van der Waals surface area contributed by atoms with E-state index in [1.807, 2.05) is 9.80 Å². The molecule has 0 bridgehead atoms. The Hall–Kier alpha value is -1.10. The minimum atomic E-state index is -0.781. The normalized spacial score (nSPS) is 28.1. The maximum absolute atomic E-state index is 12.4. The van der Waals surface area contributed by atoms with E-state index in [2.05, 4.69) is 6.92 Å². The molecule has 0 radical (unpaired) electrons. The molecule has 0 aliphatic carbocycles. The Balaban J connectivity index is 1.93. The van der Waals surface area contributed by atoms with Crippen molar-refractivity contribution < 1.29 is 14.7 Å². The van der Waals surface area contributed by atoms with Gasteiger partial charge in [-0.15, -0.1) is 0 Å². The first-order valence-corrected chi connectivity index (χ1v) is 8.36. The first kappa shape index (κ1) is 16.3. The fourth-order valence-electron chi connectivity index (χ4n) is 3.50. The molecule has 1 N–H and O–H groups in total. The molecule has 2 heterocycles. The highest BCUT2D eigenvalue weighted by Gasteiger charge is 2.34. The number of likely N-dealkylation sites (tertiary alicyclic amines) is 2. The molecule has 2 rings (SSSR count). The van der Waals surface area contributed by atoms with Crippen LogP contribution in [0, 0.1) is 5.92 Å². The monoisotopic (exact) mass is 296 g/mol. The molecule has 2 atom stereocenters. The summed E-state index contributed by atoms with van der Waals surface area (Å²) in [5.41, 5.74) is 0. The number of carbonyl (C=O) groups excluding carboxylic acids is 1. The predicted molar refractivity (Wildman–Crippen MR) is 81.1 cm³/mol. The fraction of sp³-hybridized carbons (Fsp3) is 0.875. The van der Waals surface area contributed by atoms with Gasteiger partial charge in [0.2, 0.25) is 5.91 Å². The number of piperidine rings is 1. The number of rotatable bonds is 4. The van der Waals surface area contributed by atoms with Gasteiger partial charge in [0.1, 0.15) is 6.04 Å². The Bertz CT molecular complexity index is 365. The molecule has 21 heavy (non-hydrogen) atoms. The number of carboxylic acid groups (broad SMARTS) is 1. The summed E-state index contributed by atoms with van der Waals surface area (Å²) in [4.78, 5) is 27.7. The molecular formula is C16H28N2O3. The van der Waals surface area contributed by atoms with Gasteiger partial charge >= 0.3 is 5.97 Å². The molecule has 2 aliphatic heterocycles. The molecule has 0 saturated carbocycles. The summed E-state index contributed by atoms with van der Waals surface area (Å²) in [6, 6.07) is -0.486. The lowest BCUT2D eigenvalue weighted by Crippen LogP contribution is -2.51. The largest absolute Gasteiger partial charge is 0.480 e. The van der Waals surface area contributed by atoms with Crippen LogP contribution in [-0.4, -0.2) is 59.0 Å². The fourth-order valence-corrected chi connectivity index (χ4v) is 3.50. The Morgan fingerprint density at radius 1 is 1.10 bits per heavy atom. The van der Waals surface area contributed by atoms with Gasteiger partial charge in [-0.05, 0) is 38.1 Å². The summed E-state index contributed by atoms with van der Waals surface area (Å²) >= 11 is 0. The smallest absolute Gasteiger partial charge is 0.320 e. The minimum absolute atomic E-state index is 0.109. The Kier molecular flexibility index (Phi) is 6.03. The van der Waals surface area contributed by atoms with Gasteiger partial charge in [-0.25, -0.2) is 0 Å². The van der Waals surface area contributed by atoms with E-state index in [0.29, 0.717) is 12.3 Å². The summed E-state index contributed by atoms with van der Waals surface area (Å²) in [7, 11) is 0. The van der Waals surface area contributed by atoms with Crippen LogP contribution in [0.3, 0.4) is 0 Å². The van der Waals surface area contributed by atoms with Crippen molar-refractivity contribution in [2.45, 2.75) is 57.9 Å². The van der Waals surface area contributed by atoms with Crippen molar-refractivity contribution in [3.8, 4) is 0 Å². The van der Waals surface area contributed by atoms with Crippen LogP contribution >= 0.6 is 0 Å². The Morgan fingerprint density at radius 3 is 2.33 bits per heavy atom. The average molecular weight is 296 g/mol. The van der Waals surface area contributed by atoms with E-state index in [4.69, 9.17) is 0 Å². The second-order valence-corrected chi connectivity index (χ2v) is 6.42. The highest BCUT2D eigenvalue weighted by Crippen LogP contribution is 2.25. The SMILES string of the molecule is CCC1CCN(CC(=O)N2CCCCCC2)C(C(=O)O)C1. The summed E-state index contributed by atoms with van der Waals surface area (Å²) in [5.74, 6) is -0.189. The summed E-state index contributed by atoms with van der Waals surface area (Å²) in [5, 5.41) is 9.42. The molecule has 0 aromatic rings. The van der Waals surface area contributed by atoms with Gasteiger partial charge in [0.05, 0.1) is 6.54 Å². The highest BCUT2D eigenvalue weighted by molar-refractivity contribution is 5.80. The number of carbonyl (C=O) groups is 2. The van der Waals surface area contributed by atoms with E-state index in [1.165, 1.54) is 12.8 Å². The van der Waals surface area contributed by atoms with Gasteiger partial charge in [0.15, 0.2) is 0 Å². The van der Waals surface area contributed by atoms with Crippen LogP contribution in [0.5, 0.6) is 0 Å². The molecule has 2 saturated heterocycles. The molecule has 2 unspecified atom stereocenters. The quantitative estimate of drug-likeness (QED) is 0.861. The van der Waals surface area contributed by atoms with Crippen LogP contribution in [0.4, 0.5) is 0 Å². The maximum atomic E-state index is 12.4. The standard InChI is InChI=1S/C16H28N2O3/c1-2-13-7-10-18(14(11-13)16(20)21)12-15(19)17-8-5-3-4-6-9-17/h13-14H,2-12H2,1H3,(H,20,21). The molecule has 0 aromatic heterocycles. The number of carboxylic acids is 1. The molecule has 120 valence electrons. The van der Waals surface area contributed by atoms with Gasteiger partial charge in [-0.1, -0.05) is 26.2 Å². The van der Waals surface area contributed by atoms with Gasteiger partial charge in [-0.3, -0.25) is 14.5 Å². The number of hydrogen-bond acceptors (Lipinski definition) is 3. The van der Waals surface area contributed by atoms with Crippen molar-refractivity contribution >= 4 is 11.9 Å². The molecular weight excluding hydrogens is 268 g/mol. The minimum Gasteiger partial charge on any atom is -0.480 e.